The molecule has 0 heterocycles. The van der Waals surface area contributed by atoms with E-state index in [1.807, 2.05) is 30.3 Å². The number of rotatable bonds is 11. The lowest BCUT2D eigenvalue weighted by Gasteiger charge is -2.29. The summed E-state index contributed by atoms with van der Waals surface area (Å²) in [6.07, 6.45) is 13.3. The van der Waals surface area contributed by atoms with Crippen LogP contribution in [0.15, 0.2) is 36.4 Å². The lowest BCUT2D eigenvalue weighted by Crippen LogP contribution is -2.14. The first kappa shape index (κ1) is 24.9. The summed E-state index contributed by atoms with van der Waals surface area (Å²) in [5.41, 5.74) is 3.94. The predicted octanol–water partition coefficient (Wildman–Crippen LogP) is 8.52. The molecule has 1 aliphatic rings. The van der Waals surface area contributed by atoms with Crippen molar-refractivity contribution in [2.24, 2.45) is 5.92 Å². The minimum absolute atomic E-state index is 0.391. The van der Waals surface area contributed by atoms with Crippen LogP contribution in [0.5, 0.6) is 5.75 Å². The summed E-state index contributed by atoms with van der Waals surface area (Å²) in [5.74, 6) is 2.07. The molecule has 3 nitrogen and oxygen atoms in total. The van der Waals surface area contributed by atoms with E-state index in [-0.39, 0.29) is 0 Å². The zero-order valence-electron chi connectivity index (χ0n) is 20.4. The van der Waals surface area contributed by atoms with E-state index in [0.717, 1.165) is 54.2 Å². The van der Waals surface area contributed by atoms with Crippen molar-refractivity contribution in [3.63, 3.8) is 0 Å². The van der Waals surface area contributed by atoms with Gasteiger partial charge in [0.2, 0.25) is 0 Å². The van der Waals surface area contributed by atoms with Gasteiger partial charge in [-0.3, -0.25) is 0 Å². The Bertz CT molecular complexity index is 957. The molecule has 0 N–H and O–H groups in total. The second kappa shape index (κ2) is 13.1. The van der Waals surface area contributed by atoms with Gasteiger partial charge in [-0.2, -0.15) is 10.5 Å². The van der Waals surface area contributed by atoms with Crippen molar-refractivity contribution < 1.29 is 4.74 Å². The summed E-state index contributed by atoms with van der Waals surface area (Å²) < 4.78 is 5.89. The molecule has 1 aliphatic carbocycles. The van der Waals surface area contributed by atoms with Crippen molar-refractivity contribution >= 4 is 0 Å². The molecule has 0 aromatic heterocycles. The molecule has 3 heteroatoms. The first-order valence-corrected chi connectivity index (χ1v) is 12.9. The Hall–Kier alpha value is -2.78. The smallest absolute Gasteiger partial charge is 0.119 e. The number of nitriles is 2. The first-order valence-electron chi connectivity index (χ1n) is 12.9. The standard InChI is InChI=1S/C30H38N2O/c1-3-5-6-7-8-20-33-26-16-14-25(15-17-26)28-19-18-27(29(21-31)30(28)22-32)24-12-10-23(9-4-2)11-13-24/h14-19,23-24H,3-13,20H2,1-2H3. The highest BCUT2D eigenvalue weighted by atomic mass is 16.5. The van der Waals surface area contributed by atoms with Gasteiger partial charge in [0.05, 0.1) is 17.7 Å². The number of hydrogen-bond acceptors (Lipinski definition) is 3. The van der Waals surface area contributed by atoms with Gasteiger partial charge in [-0.1, -0.05) is 76.6 Å². The van der Waals surface area contributed by atoms with E-state index in [1.54, 1.807) is 0 Å². The number of hydrogen-bond donors (Lipinski definition) is 0. The second-order valence-corrected chi connectivity index (χ2v) is 9.47. The second-order valence-electron chi connectivity index (χ2n) is 9.47. The third kappa shape index (κ3) is 6.61. The Kier molecular flexibility index (Phi) is 9.83. The number of nitrogens with zero attached hydrogens (tertiary/aromatic N) is 2. The molecule has 0 bridgehead atoms. The molecular weight excluding hydrogens is 404 g/mol. The SMILES string of the molecule is CCCCCCCOc1ccc(-c2ccc(C3CCC(CCC)CC3)c(C#N)c2C#N)cc1. The van der Waals surface area contributed by atoms with E-state index >= 15 is 0 Å². The summed E-state index contributed by atoms with van der Waals surface area (Å²) >= 11 is 0. The first-order chi connectivity index (χ1) is 16.2. The summed E-state index contributed by atoms with van der Waals surface area (Å²) in [5, 5.41) is 19.9. The third-order valence-corrected chi connectivity index (χ3v) is 7.13. The monoisotopic (exact) mass is 442 g/mol. The fourth-order valence-corrected chi connectivity index (χ4v) is 5.23. The lowest BCUT2D eigenvalue weighted by atomic mass is 9.75. The van der Waals surface area contributed by atoms with Crippen LogP contribution in [0.25, 0.3) is 11.1 Å². The largest absolute Gasteiger partial charge is 0.494 e. The molecule has 0 amide bonds. The number of benzene rings is 2. The molecule has 33 heavy (non-hydrogen) atoms. The molecule has 174 valence electrons. The van der Waals surface area contributed by atoms with Gasteiger partial charge in [-0.05, 0) is 67.2 Å². The fourth-order valence-electron chi connectivity index (χ4n) is 5.23. The van der Waals surface area contributed by atoms with Crippen molar-refractivity contribution in [2.75, 3.05) is 6.61 Å². The maximum absolute atomic E-state index is 9.97. The van der Waals surface area contributed by atoms with Crippen LogP contribution < -0.4 is 4.74 Å². The van der Waals surface area contributed by atoms with E-state index in [9.17, 15) is 10.5 Å². The summed E-state index contributed by atoms with van der Waals surface area (Å²) in [4.78, 5) is 0. The summed E-state index contributed by atoms with van der Waals surface area (Å²) in [6, 6.07) is 16.8. The van der Waals surface area contributed by atoms with Crippen LogP contribution in [0.4, 0.5) is 0 Å². The van der Waals surface area contributed by atoms with Gasteiger partial charge in [0.15, 0.2) is 0 Å². The molecule has 2 aromatic carbocycles. The minimum Gasteiger partial charge on any atom is -0.494 e. The van der Waals surface area contributed by atoms with E-state index < -0.39 is 0 Å². The molecule has 1 fully saturated rings. The molecule has 1 saturated carbocycles. The average Bonchev–Trinajstić information content (AvgIpc) is 2.86. The Labute approximate surface area is 200 Å². The van der Waals surface area contributed by atoms with Crippen LogP contribution in [0.3, 0.4) is 0 Å². The maximum Gasteiger partial charge on any atom is 0.119 e. The van der Waals surface area contributed by atoms with Gasteiger partial charge in [0.25, 0.3) is 0 Å². The normalized spacial score (nSPS) is 17.8. The molecule has 0 spiro atoms. The van der Waals surface area contributed by atoms with Crippen molar-refractivity contribution in [3.05, 3.63) is 53.1 Å². The molecule has 0 unspecified atom stereocenters. The van der Waals surface area contributed by atoms with E-state index in [0.29, 0.717) is 17.0 Å². The zero-order valence-corrected chi connectivity index (χ0v) is 20.4. The molecule has 2 aromatic rings. The molecule has 0 aliphatic heterocycles. The Morgan fingerprint density at radius 1 is 0.788 bits per heavy atom. The predicted molar refractivity (Wildman–Crippen MR) is 135 cm³/mol. The van der Waals surface area contributed by atoms with Crippen molar-refractivity contribution in [1.29, 1.82) is 10.5 Å². The molecular formula is C30H38N2O. The number of ether oxygens (including phenoxy) is 1. The average molecular weight is 443 g/mol. The van der Waals surface area contributed by atoms with Gasteiger partial charge in [0.1, 0.15) is 17.9 Å². The highest BCUT2D eigenvalue weighted by Crippen LogP contribution is 2.40. The highest BCUT2D eigenvalue weighted by molar-refractivity contribution is 5.75. The Morgan fingerprint density at radius 2 is 1.48 bits per heavy atom. The Balaban J connectivity index is 1.71. The summed E-state index contributed by atoms with van der Waals surface area (Å²) in [7, 11) is 0. The van der Waals surface area contributed by atoms with Gasteiger partial charge < -0.3 is 4.74 Å². The topological polar surface area (TPSA) is 56.8 Å². The quantitative estimate of drug-likeness (QED) is 0.328. The number of unbranched alkanes of at least 4 members (excludes halogenated alkanes) is 4. The minimum atomic E-state index is 0.391. The van der Waals surface area contributed by atoms with Crippen LogP contribution in [0.1, 0.15) is 107 Å². The van der Waals surface area contributed by atoms with Gasteiger partial charge in [-0.25, -0.2) is 0 Å². The van der Waals surface area contributed by atoms with E-state index in [2.05, 4.69) is 32.1 Å². The van der Waals surface area contributed by atoms with E-state index in [4.69, 9.17) is 4.74 Å². The molecule has 3 rings (SSSR count). The van der Waals surface area contributed by atoms with Crippen LogP contribution in [-0.2, 0) is 0 Å². The highest BCUT2D eigenvalue weighted by Gasteiger charge is 2.26. The fraction of sp³-hybridized carbons (Fsp3) is 0.533. The molecule has 0 saturated heterocycles. The van der Waals surface area contributed by atoms with E-state index in [1.165, 1.54) is 51.4 Å². The maximum atomic E-state index is 9.97. The molecule has 0 atom stereocenters. The van der Waals surface area contributed by atoms with Crippen LogP contribution in [-0.4, -0.2) is 6.61 Å². The van der Waals surface area contributed by atoms with Crippen molar-refractivity contribution in [2.45, 2.75) is 90.4 Å². The summed E-state index contributed by atoms with van der Waals surface area (Å²) in [6.45, 7) is 5.22. The molecule has 0 radical (unpaired) electrons. The lowest BCUT2D eigenvalue weighted by molar-refractivity contribution is 0.304. The van der Waals surface area contributed by atoms with Crippen molar-refractivity contribution in [1.82, 2.24) is 0 Å². The van der Waals surface area contributed by atoms with Gasteiger partial charge in [-0.15, -0.1) is 0 Å². The van der Waals surface area contributed by atoms with Crippen LogP contribution in [0, 0.1) is 28.6 Å². The van der Waals surface area contributed by atoms with Gasteiger partial charge in [0, 0.05) is 5.56 Å². The zero-order chi connectivity index (χ0) is 23.5. The van der Waals surface area contributed by atoms with Crippen molar-refractivity contribution in [3.8, 4) is 29.0 Å². The van der Waals surface area contributed by atoms with Gasteiger partial charge >= 0.3 is 0 Å². The Morgan fingerprint density at radius 3 is 2.12 bits per heavy atom. The third-order valence-electron chi connectivity index (χ3n) is 7.13. The van der Waals surface area contributed by atoms with Crippen LogP contribution >= 0.6 is 0 Å². The van der Waals surface area contributed by atoms with Crippen LogP contribution in [0.2, 0.25) is 0 Å².